The Kier molecular flexibility index (Phi) is 26.0. The van der Waals surface area contributed by atoms with Crippen LogP contribution < -0.4 is 0 Å². The number of hydrogen-bond acceptors (Lipinski definition) is 9. The Morgan fingerprint density at radius 3 is 0.893 bits per heavy atom. The van der Waals surface area contributed by atoms with Gasteiger partial charge in [0.05, 0.1) is 0 Å². The Morgan fingerprint density at radius 2 is 0.607 bits per heavy atom. The van der Waals surface area contributed by atoms with Crippen molar-refractivity contribution in [2.24, 2.45) is 0 Å². The molecule has 0 bridgehead atoms. The van der Waals surface area contributed by atoms with Crippen LogP contribution in [0.1, 0.15) is 20.8 Å². The van der Waals surface area contributed by atoms with E-state index < -0.39 is 23.1 Å². The molecule has 0 amide bonds. The molecule has 0 aliphatic carbocycles. The summed E-state index contributed by atoms with van der Waals surface area (Å²) >= 11 is -2.95. The van der Waals surface area contributed by atoms with Gasteiger partial charge in [0.15, 0.2) is 0 Å². The summed E-state index contributed by atoms with van der Waals surface area (Å²) in [6, 6.07) is 0. The maximum atomic E-state index is 5.77. The Balaban J connectivity index is 3.80. The Hall–Kier alpha value is 0.523. The van der Waals surface area contributed by atoms with E-state index in [1.165, 1.54) is 0 Å². The van der Waals surface area contributed by atoms with Crippen molar-refractivity contribution in [2.45, 2.75) is 20.8 Å². The van der Waals surface area contributed by atoms with Gasteiger partial charge in [-0.05, 0) is 0 Å². The molecule has 0 unspecified atom stereocenters. The van der Waals surface area contributed by atoms with Crippen LogP contribution in [-0.2, 0) is 36.9 Å². The summed E-state index contributed by atoms with van der Waals surface area (Å²) in [6.07, 6.45) is 0. The molecule has 9 nitrogen and oxygen atoms in total. The predicted octanol–water partition coefficient (Wildman–Crippen LogP) is 1.18. The molecule has 0 saturated carbocycles. The van der Waals surface area contributed by atoms with E-state index >= 15 is 0 Å². The Morgan fingerprint density at radius 1 is 0.357 bits per heavy atom. The maximum absolute atomic E-state index is 5.77. The van der Waals surface area contributed by atoms with Crippen molar-refractivity contribution in [1.29, 1.82) is 0 Å². The van der Waals surface area contributed by atoms with E-state index in [-0.39, 0.29) is 0 Å². The van der Waals surface area contributed by atoms with Gasteiger partial charge in [-0.25, -0.2) is 0 Å². The average Bonchev–Trinajstić information content (AvgIpc) is 2.71. The van der Waals surface area contributed by atoms with E-state index in [2.05, 4.69) is 0 Å². The van der Waals surface area contributed by atoms with Crippen molar-refractivity contribution in [2.75, 3.05) is 99.1 Å². The van der Waals surface area contributed by atoms with Crippen molar-refractivity contribution in [3.8, 4) is 0 Å². The van der Waals surface area contributed by atoms with Crippen molar-refractivity contribution in [1.82, 2.24) is 0 Å². The van der Waals surface area contributed by atoms with E-state index in [9.17, 15) is 0 Å². The molecule has 0 spiro atoms. The minimum absolute atomic E-state index is 0.445. The van der Waals surface area contributed by atoms with E-state index in [4.69, 9.17) is 36.9 Å². The van der Waals surface area contributed by atoms with Crippen molar-refractivity contribution < 1.29 is 36.9 Å². The molecule has 0 aliphatic heterocycles. The summed E-state index contributed by atoms with van der Waals surface area (Å²) in [6.45, 7) is 14.2. The fourth-order valence-electron chi connectivity index (χ4n) is 1.72. The van der Waals surface area contributed by atoms with Crippen molar-refractivity contribution in [3.63, 3.8) is 0 Å². The van der Waals surface area contributed by atoms with Gasteiger partial charge in [-0.15, -0.1) is 0 Å². The molecule has 0 aromatic carbocycles. The average molecular weight is 608 g/mol. The van der Waals surface area contributed by atoms with Gasteiger partial charge in [-0.2, -0.15) is 0 Å². The van der Waals surface area contributed by atoms with Gasteiger partial charge in [0.2, 0.25) is 0 Å². The van der Waals surface area contributed by atoms with Crippen molar-refractivity contribution >= 4 is 23.1 Å². The van der Waals surface area contributed by atoms with Gasteiger partial charge < -0.3 is 0 Å². The molecular weight excluding hydrogens is 569 g/mol. The van der Waals surface area contributed by atoms with Gasteiger partial charge in [-0.3, -0.25) is 0 Å². The summed E-state index contributed by atoms with van der Waals surface area (Å²) in [5.41, 5.74) is 0. The van der Waals surface area contributed by atoms with Crippen LogP contribution in [0.5, 0.6) is 0 Å². The zero-order chi connectivity index (χ0) is 20.5. The first-order chi connectivity index (χ1) is 13.8. The third-order valence-electron chi connectivity index (χ3n) is 3.00. The Bertz CT molecular complexity index is 245. The van der Waals surface area contributed by atoms with E-state index in [0.717, 1.165) is 0 Å². The van der Waals surface area contributed by atoms with E-state index in [0.29, 0.717) is 99.1 Å². The molecule has 0 heterocycles. The van der Waals surface area contributed by atoms with Gasteiger partial charge in [0.1, 0.15) is 0 Å². The third-order valence-corrected chi connectivity index (χ3v) is 7.59. The quantitative estimate of drug-likeness (QED) is 0.119. The molecule has 0 aromatic heterocycles. The third kappa shape index (κ3) is 22.8. The Labute approximate surface area is 179 Å². The summed E-state index contributed by atoms with van der Waals surface area (Å²) in [4.78, 5) is 0. The van der Waals surface area contributed by atoms with E-state index in [1.807, 2.05) is 20.8 Å². The first kappa shape index (κ1) is 28.5. The molecule has 10 heteroatoms. The molecule has 0 aromatic rings. The molecule has 0 N–H and O–H groups in total. The first-order valence-electron chi connectivity index (χ1n) is 10.00. The zero-order valence-corrected chi connectivity index (χ0v) is 21.2. The molecule has 170 valence electrons. The molecule has 0 rings (SSSR count). The summed E-state index contributed by atoms with van der Waals surface area (Å²) in [5.74, 6) is 0. The fourth-order valence-corrected chi connectivity index (χ4v) is 5.19. The monoisotopic (exact) mass is 608 g/mol. The van der Waals surface area contributed by atoms with Crippen LogP contribution in [0.3, 0.4) is 0 Å². The number of hydrogen-bond donors (Lipinski definition) is 0. The van der Waals surface area contributed by atoms with Gasteiger partial charge in [-0.1, -0.05) is 0 Å². The SMILES string of the molecule is CCOCCOCC[O][Bi]([O]CCOCCOCC)[O]CCOCCOCC. The molecular formula is C18H39BiO9. The van der Waals surface area contributed by atoms with Crippen molar-refractivity contribution in [3.05, 3.63) is 0 Å². The molecule has 0 saturated heterocycles. The van der Waals surface area contributed by atoms with Gasteiger partial charge >= 0.3 is 180 Å². The predicted molar refractivity (Wildman–Crippen MR) is 106 cm³/mol. The zero-order valence-electron chi connectivity index (χ0n) is 17.7. The fraction of sp³-hybridized carbons (Fsp3) is 1.00. The number of ether oxygens (including phenoxy) is 6. The second-order valence-corrected chi connectivity index (χ2v) is 9.90. The molecule has 0 fully saturated rings. The molecule has 0 radical (unpaired) electrons. The second kappa shape index (κ2) is 25.6. The van der Waals surface area contributed by atoms with Crippen LogP contribution >= 0.6 is 0 Å². The van der Waals surface area contributed by atoms with Crippen LogP contribution in [0.15, 0.2) is 0 Å². The first-order valence-corrected chi connectivity index (χ1v) is 14.3. The minimum atomic E-state index is -2.95. The van der Waals surface area contributed by atoms with Crippen LogP contribution in [0.25, 0.3) is 0 Å². The topological polar surface area (TPSA) is 83.1 Å². The van der Waals surface area contributed by atoms with Gasteiger partial charge in [0.25, 0.3) is 0 Å². The van der Waals surface area contributed by atoms with Gasteiger partial charge in [0, 0.05) is 0 Å². The van der Waals surface area contributed by atoms with Crippen LogP contribution in [-0.4, -0.2) is 122 Å². The molecule has 0 aliphatic rings. The summed E-state index contributed by atoms with van der Waals surface area (Å²) < 4.78 is 49.3. The van der Waals surface area contributed by atoms with E-state index in [1.54, 1.807) is 0 Å². The molecule has 0 atom stereocenters. The second-order valence-electron chi connectivity index (χ2n) is 5.15. The van der Waals surface area contributed by atoms with Crippen LogP contribution in [0, 0.1) is 0 Å². The van der Waals surface area contributed by atoms with Crippen LogP contribution in [0.2, 0.25) is 0 Å². The normalized spacial score (nSPS) is 11.6. The summed E-state index contributed by atoms with van der Waals surface area (Å²) in [7, 11) is 0. The number of rotatable bonds is 24. The standard InChI is InChI=1S/3C6H13O3.Bi/c3*1-2-8-5-6-9-4-3-7;/h3*2-6H2,1H3;/q3*-1;+3. The summed E-state index contributed by atoms with van der Waals surface area (Å²) in [5, 5.41) is 0. The molecule has 28 heavy (non-hydrogen) atoms. The van der Waals surface area contributed by atoms with Crippen LogP contribution in [0.4, 0.5) is 0 Å².